The van der Waals surface area contributed by atoms with Crippen LogP contribution in [0.4, 0.5) is 0 Å². The Balaban J connectivity index is 0.000000336. The van der Waals surface area contributed by atoms with Crippen molar-refractivity contribution >= 4 is 16.4 Å². The minimum absolute atomic E-state index is 0.234. The molecule has 1 heterocycles. The molecule has 1 rings (SSSR count). The number of aromatic amines is 1. The molecule has 15 heavy (non-hydrogen) atoms. The molecule has 0 saturated heterocycles. The first-order chi connectivity index (χ1) is 6.72. The average molecular weight is 237 g/mol. The number of carboxylic acid groups (broad SMARTS) is 1. The number of aromatic nitrogens is 1. The third-order valence-corrected chi connectivity index (χ3v) is 1.05. The fourth-order valence-corrected chi connectivity index (χ4v) is 0.590. The maximum atomic E-state index is 10.6. The highest BCUT2D eigenvalue weighted by Gasteiger charge is 2.04. The molecule has 0 unspecified atom stereocenters. The smallest absolute Gasteiger partial charge is 0.394 e. The van der Waals surface area contributed by atoms with Gasteiger partial charge in [0.05, 0.1) is 0 Å². The van der Waals surface area contributed by atoms with E-state index in [1.165, 1.54) is 18.3 Å². The van der Waals surface area contributed by atoms with Gasteiger partial charge in [-0.2, -0.15) is 8.42 Å². The van der Waals surface area contributed by atoms with Gasteiger partial charge in [-0.05, 0) is 12.1 Å². The Hall–Kier alpha value is -1.71. The largest absolute Gasteiger partial charge is 0.477 e. The fraction of sp³-hybridized carbons (Fsp3) is 0. The van der Waals surface area contributed by atoms with Crippen molar-refractivity contribution in [3.63, 3.8) is 0 Å². The second-order valence-corrected chi connectivity index (χ2v) is 3.06. The van der Waals surface area contributed by atoms with Gasteiger partial charge in [-0.25, -0.2) is 4.79 Å². The van der Waals surface area contributed by atoms with Gasteiger partial charge in [-0.3, -0.25) is 13.9 Å². The van der Waals surface area contributed by atoms with Crippen molar-refractivity contribution in [2.45, 2.75) is 0 Å². The summed E-state index contributed by atoms with van der Waals surface area (Å²) in [7, 11) is -4.67. The summed E-state index contributed by atoms with van der Waals surface area (Å²) in [4.78, 5) is 23.1. The van der Waals surface area contributed by atoms with E-state index in [0.29, 0.717) is 0 Å². The summed E-state index contributed by atoms with van der Waals surface area (Å²) in [6, 6.07) is 2.71. The zero-order valence-electron chi connectivity index (χ0n) is 7.11. The van der Waals surface area contributed by atoms with E-state index in [4.69, 9.17) is 22.6 Å². The summed E-state index contributed by atoms with van der Waals surface area (Å²) in [5, 5.41) is 8.35. The van der Waals surface area contributed by atoms with Gasteiger partial charge in [-0.15, -0.1) is 0 Å². The van der Waals surface area contributed by atoms with Crippen LogP contribution in [0.3, 0.4) is 0 Å². The molecule has 1 aromatic rings. The normalized spacial score (nSPS) is 10.0. The number of H-pyrrole nitrogens is 1. The Morgan fingerprint density at radius 1 is 1.33 bits per heavy atom. The van der Waals surface area contributed by atoms with Crippen LogP contribution in [-0.4, -0.2) is 33.6 Å². The zero-order chi connectivity index (χ0) is 12.1. The standard InChI is InChI=1S/C6H5NO3.H2O4S/c8-5-4(6(9)10)2-1-3-7-5;1-5(2,3)4/h1-3H,(H,7,8)(H,9,10);(H2,1,2,3,4). The minimum atomic E-state index is -4.67. The van der Waals surface area contributed by atoms with Crippen LogP contribution >= 0.6 is 0 Å². The molecule has 0 fully saturated rings. The van der Waals surface area contributed by atoms with Crippen molar-refractivity contribution in [2.24, 2.45) is 0 Å². The molecular formula is C6H7NO7S. The lowest BCUT2D eigenvalue weighted by molar-refractivity contribution is 0.0695. The Morgan fingerprint density at radius 2 is 1.80 bits per heavy atom. The first-order valence-electron chi connectivity index (χ1n) is 3.32. The van der Waals surface area contributed by atoms with Crippen molar-refractivity contribution in [1.82, 2.24) is 4.98 Å². The summed E-state index contributed by atoms with van der Waals surface area (Å²) in [6.45, 7) is 0. The molecule has 9 heteroatoms. The van der Waals surface area contributed by atoms with Crippen LogP contribution < -0.4 is 5.56 Å². The molecular weight excluding hydrogens is 230 g/mol. The lowest BCUT2D eigenvalue weighted by atomic mass is 10.3. The van der Waals surface area contributed by atoms with Gasteiger partial charge in [0.25, 0.3) is 5.56 Å². The van der Waals surface area contributed by atoms with Gasteiger partial charge in [-0.1, -0.05) is 0 Å². The number of carboxylic acids is 1. The van der Waals surface area contributed by atoms with Crippen LogP contribution in [-0.2, 0) is 10.4 Å². The van der Waals surface area contributed by atoms with Crippen LogP contribution in [0.1, 0.15) is 10.4 Å². The van der Waals surface area contributed by atoms with Crippen molar-refractivity contribution in [3.8, 4) is 0 Å². The second-order valence-electron chi connectivity index (χ2n) is 2.17. The number of nitrogens with one attached hydrogen (secondary N) is 1. The monoisotopic (exact) mass is 237 g/mol. The SMILES string of the molecule is O=C(O)c1ccc[nH]c1=O.O=S(=O)(O)O. The Morgan fingerprint density at radius 3 is 2.07 bits per heavy atom. The van der Waals surface area contributed by atoms with E-state index in [1.807, 2.05) is 0 Å². The van der Waals surface area contributed by atoms with Gasteiger partial charge < -0.3 is 10.1 Å². The number of hydrogen-bond acceptors (Lipinski definition) is 4. The molecule has 84 valence electrons. The van der Waals surface area contributed by atoms with Crippen LogP contribution in [0.2, 0.25) is 0 Å². The van der Waals surface area contributed by atoms with Gasteiger partial charge in [0.2, 0.25) is 0 Å². The zero-order valence-corrected chi connectivity index (χ0v) is 7.93. The van der Waals surface area contributed by atoms with E-state index >= 15 is 0 Å². The van der Waals surface area contributed by atoms with Crippen LogP contribution in [0.15, 0.2) is 23.1 Å². The van der Waals surface area contributed by atoms with Crippen molar-refractivity contribution in [3.05, 3.63) is 34.2 Å². The lowest BCUT2D eigenvalue weighted by Gasteiger charge is -1.88. The first-order valence-corrected chi connectivity index (χ1v) is 4.72. The molecule has 4 N–H and O–H groups in total. The maximum absolute atomic E-state index is 10.6. The van der Waals surface area contributed by atoms with Crippen LogP contribution in [0.25, 0.3) is 0 Å². The molecule has 0 aliphatic carbocycles. The second kappa shape index (κ2) is 5.24. The molecule has 0 bridgehead atoms. The highest BCUT2D eigenvalue weighted by atomic mass is 32.3. The first kappa shape index (κ1) is 13.3. The topological polar surface area (TPSA) is 145 Å². The molecule has 8 nitrogen and oxygen atoms in total. The molecule has 0 spiro atoms. The van der Waals surface area contributed by atoms with Gasteiger partial charge in [0.15, 0.2) is 0 Å². The fourth-order valence-electron chi connectivity index (χ4n) is 0.590. The number of rotatable bonds is 1. The van der Waals surface area contributed by atoms with Crippen molar-refractivity contribution < 1.29 is 27.4 Å². The van der Waals surface area contributed by atoms with Crippen LogP contribution in [0, 0.1) is 0 Å². The van der Waals surface area contributed by atoms with E-state index < -0.39 is 21.9 Å². The van der Waals surface area contributed by atoms with E-state index in [1.54, 1.807) is 0 Å². The number of hydrogen-bond donors (Lipinski definition) is 4. The summed E-state index contributed by atoms with van der Waals surface area (Å²) < 4.78 is 31.6. The predicted octanol–water partition coefficient (Wildman–Crippen LogP) is -0.580. The van der Waals surface area contributed by atoms with E-state index in [2.05, 4.69) is 4.98 Å². The number of aromatic carboxylic acids is 1. The molecule has 0 saturated carbocycles. The third kappa shape index (κ3) is 7.37. The quantitative estimate of drug-likeness (QED) is 0.478. The van der Waals surface area contributed by atoms with Crippen molar-refractivity contribution in [2.75, 3.05) is 0 Å². The average Bonchev–Trinajstić information content (AvgIpc) is 2.01. The molecule has 0 atom stereocenters. The Kier molecular flexibility index (Phi) is 4.64. The van der Waals surface area contributed by atoms with Crippen molar-refractivity contribution in [1.29, 1.82) is 0 Å². The van der Waals surface area contributed by atoms with Gasteiger partial charge in [0.1, 0.15) is 5.56 Å². The molecule has 0 aliphatic rings. The molecule has 0 aromatic carbocycles. The Bertz CT molecular complexity index is 480. The number of pyridine rings is 1. The summed E-state index contributed by atoms with van der Waals surface area (Å²) in [6.07, 6.45) is 1.38. The highest BCUT2D eigenvalue weighted by molar-refractivity contribution is 7.79. The molecule has 0 amide bonds. The highest BCUT2D eigenvalue weighted by Crippen LogP contribution is 1.86. The van der Waals surface area contributed by atoms with Crippen LogP contribution in [0.5, 0.6) is 0 Å². The van der Waals surface area contributed by atoms with E-state index in [-0.39, 0.29) is 5.56 Å². The van der Waals surface area contributed by atoms with Gasteiger partial charge in [0, 0.05) is 6.20 Å². The minimum Gasteiger partial charge on any atom is -0.477 e. The summed E-state index contributed by atoms with van der Waals surface area (Å²) in [5.41, 5.74) is -0.808. The summed E-state index contributed by atoms with van der Waals surface area (Å²) >= 11 is 0. The third-order valence-electron chi connectivity index (χ3n) is 1.05. The van der Waals surface area contributed by atoms with Gasteiger partial charge >= 0.3 is 16.4 Å². The Labute approximate surface area is 83.8 Å². The predicted molar refractivity (Wildman–Crippen MR) is 48.2 cm³/mol. The lowest BCUT2D eigenvalue weighted by Crippen LogP contribution is -2.15. The summed E-state index contributed by atoms with van der Waals surface area (Å²) in [5.74, 6) is -1.21. The maximum Gasteiger partial charge on any atom is 0.394 e. The van der Waals surface area contributed by atoms with E-state index in [0.717, 1.165) is 0 Å². The molecule has 0 aliphatic heterocycles. The number of carbonyl (C=O) groups is 1. The molecule has 0 radical (unpaired) electrons. The van der Waals surface area contributed by atoms with E-state index in [9.17, 15) is 9.59 Å². The molecule has 1 aromatic heterocycles.